The minimum Gasteiger partial charge on any atom is -0.508 e. The molecule has 25 nitrogen and oxygen atoms in total. The monoisotopic (exact) mass is 934 g/mol. The van der Waals surface area contributed by atoms with Crippen molar-refractivity contribution in [1.29, 1.82) is 0 Å². The van der Waals surface area contributed by atoms with E-state index in [1.54, 1.807) is 13.8 Å². The van der Waals surface area contributed by atoms with E-state index in [1.165, 1.54) is 31.2 Å². The Morgan fingerprint density at radius 2 is 1.00 bits per heavy atom. The first-order chi connectivity index (χ1) is 30.8. The average Bonchev–Trinajstić information content (AvgIpc) is 3.21. The molecule has 0 aliphatic heterocycles. The molecule has 66 heavy (non-hydrogen) atoms. The summed E-state index contributed by atoms with van der Waals surface area (Å²) in [5, 5.41) is 35.4. The summed E-state index contributed by atoms with van der Waals surface area (Å²) in [5.74, 6) is -7.94. The molecule has 22 N–H and O–H groups in total. The first-order valence-corrected chi connectivity index (χ1v) is 21.5. The summed E-state index contributed by atoms with van der Waals surface area (Å²) in [6.07, 6.45) is -2.13. The third-order valence-corrected chi connectivity index (χ3v) is 9.88. The van der Waals surface area contributed by atoms with Gasteiger partial charge in [0.1, 0.15) is 42.0 Å². The molecule has 0 heterocycles. The molecule has 0 saturated heterocycles. The Bertz CT molecular complexity index is 1850. The SMILES string of the molecule is CC(C)C[C@H](N)C(=O)N[C@H](C(=O)N[C@H](C(=O)N[C@@H](CCCN=C(N)N)C(=O)N[C@@H](CCC(N)=O)C(=O)N[C@@H](CCCN=C(N)N)C(=O)N[C@@H](Cc1ccc(O)cc1)C(N)=O)[C@@H](C)O)C(C)C. The second-order valence-corrected chi connectivity index (χ2v) is 16.6. The molecule has 1 aromatic rings. The maximum absolute atomic E-state index is 14.0. The molecule has 8 atom stereocenters. The zero-order valence-corrected chi connectivity index (χ0v) is 38.3. The lowest BCUT2D eigenvalue weighted by Crippen LogP contribution is -2.62. The van der Waals surface area contributed by atoms with Crippen molar-refractivity contribution in [2.24, 2.45) is 62.0 Å². The van der Waals surface area contributed by atoms with Gasteiger partial charge in [0.2, 0.25) is 47.3 Å². The lowest BCUT2D eigenvalue weighted by Gasteiger charge is -2.29. The molecule has 0 aliphatic carbocycles. The van der Waals surface area contributed by atoms with Crippen LogP contribution in [0, 0.1) is 11.8 Å². The number of carbonyl (C=O) groups excluding carboxylic acids is 8. The van der Waals surface area contributed by atoms with Crippen molar-refractivity contribution < 1.29 is 48.6 Å². The fourth-order valence-corrected chi connectivity index (χ4v) is 6.33. The molecule has 1 aromatic carbocycles. The van der Waals surface area contributed by atoms with Gasteiger partial charge in [-0.05, 0) is 75.0 Å². The number of nitrogens with two attached hydrogens (primary N) is 7. The van der Waals surface area contributed by atoms with E-state index in [0.29, 0.717) is 12.0 Å². The number of phenols is 1. The van der Waals surface area contributed by atoms with E-state index in [1.807, 2.05) is 13.8 Å². The van der Waals surface area contributed by atoms with Crippen LogP contribution in [0.4, 0.5) is 0 Å². The first kappa shape index (κ1) is 57.3. The number of nitrogens with one attached hydrogen (secondary N) is 6. The van der Waals surface area contributed by atoms with Crippen LogP contribution < -0.4 is 72.0 Å². The summed E-state index contributed by atoms with van der Waals surface area (Å²) in [6, 6.07) is -3.68. The number of aliphatic hydroxyl groups excluding tert-OH is 1. The number of hydrogen-bond donors (Lipinski definition) is 15. The molecule has 25 heteroatoms. The van der Waals surface area contributed by atoms with Crippen LogP contribution in [0.25, 0.3) is 0 Å². The summed E-state index contributed by atoms with van der Waals surface area (Å²) in [4.78, 5) is 114. The largest absolute Gasteiger partial charge is 0.508 e. The Morgan fingerprint density at radius 1 is 0.576 bits per heavy atom. The fraction of sp³-hybridized carbons (Fsp3) is 0.610. The van der Waals surface area contributed by atoms with Crippen molar-refractivity contribution in [3.05, 3.63) is 29.8 Å². The molecular formula is C41H71N15O10. The number of rotatable bonds is 30. The van der Waals surface area contributed by atoms with Crippen molar-refractivity contribution >= 4 is 59.2 Å². The van der Waals surface area contributed by atoms with Gasteiger partial charge in [0.25, 0.3) is 0 Å². The minimum absolute atomic E-state index is 0.00542. The molecule has 370 valence electrons. The van der Waals surface area contributed by atoms with Gasteiger partial charge in [-0.25, -0.2) is 0 Å². The molecular weight excluding hydrogens is 863 g/mol. The van der Waals surface area contributed by atoms with E-state index in [0.717, 1.165) is 0 Å². The maximum atomic E-state index is 14.0. The van der Waals surface area contributed by atoms with E-state index >= 15 is 0 Å². The molecule has 1 rings (SSSR count). The van der Waals surface area contributed by atoms with E-state index in [-0.39, 0.29) is 75.2 Å². The van der Waals surface area contributed by atoms with Crippen LogP contribution >= 0.6 is 0 Å². The summed E-state index contributed by atoms with van der Waals surface area (Å²) < 4.78 is 0. The molecule has 0 radical (unpaired) electrons. The van der Waals surface area contributed by atoms with Gasteiger partial charge in [-0.15, -0.1) is 0 Å². The van der Waals surface area contributed by atoms with Crippen molar-refractivity contribution in [3.8, 4) is 5.75 Å². The smallest absolute Gasteiger partial charge is 0.245 e. The third-order valence-electron chi connectivity index (χ3n) is 9.88. The summed E-state index contributed by atoms with van der Waals surface area (Å²) in [7, 11) is 0. The number of aliphatic hydroxyl groups is 1. The van der Waals surface area contributed by atoms with Gasteiger partial charge in [-0.2, -0.15) is 0 Å². The topological polar surface area (TPSA) is 456 Å². The highest BCUT2D eigenvalue weighted by molar-refractivity contribution is 5.97. The number of primary amides is 2. The van der Waals surface area contributed by atoms with Crippen LogP contribution in [0.3, 0.4) is 0 Å². The van der Waals surface area contributed by atoms with Crippen molar-refractivity contribution in [1.82, 2.24) is 31.9 Å². The number of carbonyl (C=O) groups is 8. The Kier molecular flexibility index (Phi) is 25.1. The van der Waals surface area contributed by atoms with Crippen molar-refractivity contribution in [2.45, 2.75) is 134 Å². The van der Waals surface area contributed by atoms with E-state index < -0.39 is 108 Å². The van der Waals surface area contributed by atoms with E-state index in [4.69, 9.17) is 40.1 Å². The standard InChI is InChI=1S/C41H71N15O10/c1-20(2)18-25(42)34(61)55-31(21(3)4)38(65)56-32(22(5)57)39(66)53-27(9-7-17-50-41(47)48)35(62)52-28(14-15-30(43)59)37(64)51-26(8-6-16-49-40(45)46)36(63)54-29(33(44)60)19-23-10-12-24(58)13-11-23/h10-13,20-22,25-29,31-32,57-58H,6-9,14-19,42H2,1-5H3,(H2,43,59)(H2,44,60)(H,51,64)(H,52,62)(H,53,66)(H,54,63)(H,55,61)(H,56,65)(H4,45,46,49)(H4,47,48,50)/t22-,25+,26+,27+,28+,29+,31+,32+/m1/s1. The molecule has 0 unspecified atom stereocenters. The number of hydrogen-bond acceptors (Lipinski definition) is 13. The van der Waals surface area contributed by atoms with E-state index in [9.17, 15) is 48.6 Å². The first-order valence-electron chi connectivity index (χ1n) is 21.5. The number of nitrogens with zero attached hydrogens (tertiary/aromatic N) is 2. The van der Waals surface area contributed by atoms with Crippen LogP contribution in [0.2, 0.25) is 0 Å². The van der Waals surface area contributed by atoms with Crippen molar-refractivity contribution in [2.75, 3.05) is 13.1 Å². The lowest BCUT2D eigenvalue weighted by molar-refractivity contribution is -0.137. The predicted octanol–water partition coefficient (Wildman–Crippen LogP) is -4.89. The molecule has 0 saturated carbocycles. The highest BCUT2D eigenvalue weighted by Gasteiger charge is 2.36. The highest BCUT2D eigenvalue weighted by Crippen LogP contribution is 2.13. The maximum Gasteiger partial charge on any atom is 0.245 e. The van der Waals surface area contributed by atoms with Gasteiger partial charge >= 0.3 is 0 Å². The van der Waals surface area contributed by atoms with Gasteiger partial charge in [-0.3, -0.25) is 48.3 Å². The number of aliphatic imine (C=N–C) groups is 2. The minimum atomic E-state index is -1.67. The third kappa shape index (κ3) is 22.2. The summed E-state index contributed by atoms with van der Waals surface area (Å²) >= 11 is 0. The number of benzene rings is 1. The Labute approximate surface area is 384 Å². The number of phenolic OH excluding ortho intramolecular Hbond substituents is 1. The molecule has 0 bridgehead atoms. The summed E-state index contributed by atoms with van der Waals surface area (Å²) in [5.41, 5.74) is 39.3. The Hall–Kier alpha value is -6.76. The zero-order valence-electron chi connectivity index (χ0n) is 38.3. The number of aromatic hydroxyl groups is 1. The van der Waals surface area contributed by atoms with Crippen molar-refractivity contribution in [3.63, 3.8) is 0 Å². The Balaban J connectivity index is 3.49. The molecule has 0 aliphatic rings. The second-order valence-electron chi connectivity index (χ2n) is 16.6. The fourth-order valence-electron chi connectivity index (χ4n) is 6.33. The lowest BCUT2D eigenvalue weighted by atomic mass is 9.99. The van der Waals surface area contributed by atoms with E-state index in [2.05, 4.69) is 41.9 Å². The highest BCUT2D eigenvalue weighted by atomic mass is 16.3. The van der Waals surface area contributed by atoms with Crippen LogP contribution in [0.5, 0.6) is 5.75 Å². The van der Waals surface area contributed by atoms with Crippen LogP contribution in [-0.2, 0) is 44.8 Å². The molecule has 0 spiro atoms. The van der Waals surface area contributed by atoms with Gasteiger partial charge in [-0.1, -0.05) is 39.8 Å². The molecule has 8 amide bonds. The normalized spacial score (nSPS) is 14.7. The van der Waals surface area contributed by atoms with Crippen LogP contribution in [0.15, 0.2) is 34.3 Å². The Morgan fingerprint density at radius 3 is 1.41 bits per heavy atom. The van der Waals surface area contributed by atoms with Crippen LogP contribution in [-0.4, -0.2) is 131 Å². The van der Waals surface area contributed by atoms with Crippen LogP contribution in [0.1, 0.15) is 85.1 Å². The number of amides is 8. The second kappa shape index (κ2) is 28.9. The van der Waals surface area contributed by atoms with Gasteiger partial charge in [0.15, 0.2) is 11.9 Å². The average molecular weight is 934 g/mol. The molecule has 0 fully saturated rings. The van der Waals surface area contributed by atoms with Gasteiger partial charge in [0, 0.05) is 25.9 Å². The summed E-state index contributed by atoms with van der Waals surface area (Å²) in [6.45, 7) is 8.29. The van der Waals surface area contributed by atoms with Gasteiger partial charge < -0.3 is 82.2 Å². The zero-order chi connectivity index (χ0) is 50.3. The predicted molar refractivity (Wildman–Crippen MR) is 245 cm³/mol. The number of guanidine groups is 2. The molecule has 0 aromatic heterocycles. The quantitative estimate of drug-likeness (QED) is 0.0195. The van der Waals surface area contributed by atoms with Gasteiger partial charge in [0.05, 0.1) is 12.1 Å².